The molecule has 0 radical (unpaired) electrons. The molecule has 3 amide bonds. The first kappa shape index (κ1) is 29.5. The zero-order chi connectivity index (χ0) is 27.4. The molecule has 10 heteroatoms. The molecule has 2 aromatic carbocycles. The first-order valence-electron chi connectivity index (χ1n) is 12.2. The molecule has 10 nitrogen and oxygen atoms in total. The number of carboxylic acids is 1. The summed E-state index contributed by atoms with van der Waals surface area (Å²) in [5.41, 5.74) is 7.37. The van der Waals surface area contributed by atoms with E-state index in [2.05, 4.69) is 16.0 Å². The SMILES string of the molecule is CCC(C)C(N)C(=O)NC(CO)C(=O)NC(Cc1ccccc1)C(=O)NC(Cc1ccccc1)C(=O)O. The summed E-state index contributed by atoms with van der Waals surface area (Å²) in [5.74, 6) is -3.46. The molecule has 0 bridgehead atoms. The summed E-state index contributed by atoms with van der Waals surface area (Å²) >= 11 is 0. The average molecular weight is 513 g/mol. The van der Waals surface area contributed by atoms with Crippen LogP contribution in [0.25, 0.3) is 0 Å². The van der Waals surface area contributed by atoms with E-state index in [0.717, 1.165) is 11.1 Å². The number of nitrogens with two attached hydrogens (primary N) is 1. The highest BCUT2D eigenvalue weighted by Gasteiger charge is 2.31. The van der Waals surface area contributed by atoms with Gasteiger partial charge in [0.2, 0.25) is 17.7 Å². The molecule has 7 N–H and O–H groups in total. The highest BCUT2D eigenvalue weighted by Crippen LogP contribution is 2.08. The van der Waals surface area contributed by atoms with E-state index >= 15 is 0 Å². The van der Waals surface area contributed by atoms with Gasteiger partial charge in [-0.05, 0) is 17.0 Å². The van der Waals surface area contributed by atoms with Gasteiger partial charge in [-0.15, -0.1) is 0 Å². The molecule has 0 spiro atoms. The third-order valence-electron chi connectivity index (χ3n) is 6.19. The van der Waals surface area contributed by atoms with E-state index in [1.807, 2.05) is 6.92 Å². The number of carbonyl (C=O) groups is 4. The van der Waals surface area contributed by atoms with Crippen LogP contribution in [0, 0.1) is 5.92 Å². The second kappa shape index (κ2) is 14.7. The fourth-order valence-corrected chi connectivity index (χ4v) is 3.63. The molecule has 0 fully saturated rings. The summed E-state index contributed by atoms with van der Waals surface area (Å²) in [4.78, 5) is 50.5. The number of rotatable bonds is 14. The van der Waals surface area contributed by atoms with Gasteiger partial charge in [-0.1, -0.05) is 80.9 Å². The summed E-state index contributed by atoms with van der Waals surface area (Å²) in [5, 5.41) is 26.9. The molecule has 5 atom stereocenters. The zero-order valence-corrected chi connectivity index (χ0v) is 21.1. The van der Waals surface area contributed by atoms with Crippen LogP contribution in [0.1, 0.15) is 31.4 Å². The van der Waals surface area contributed by atoms with Crippen molar-refractivity contribution in [2.45, 2.75) is 57.3 Å². The van der Waals surface area contributed by atoms with E-state index in [9.17, 15) is 29.4 Å². The lowest BCUT2D eigenvalue weighted by atomic mass is 9.99. The van der Waals surface area contributed by atoms with Gasteiger partial charge in [0.1, 0.15) is 18.1 Å². The molecule has 0 saturated carbocycles. The fraction of sp³-hybridized carbons (Fsp3) is 0.407. The maximum Gasteiger partial charge on any atom is 0.326 e. The average Bonchev–Trinajstić information content (AvgIpc) is 2.90. The number of aliphatic hydroxyl groups is 1. The Bertz CT molecular complexity index is 1030. The normalized spacial score (nSPS) is 14.9. The van der Waals surface area contributed by atoms with Crippen LogP contribution in [-0.2, 0) is 32.0 Å². The highest BCUT2D eigenvalue weighted by molar-refractivity contribution is 5.94. The Balaban J connectivity index is 2.18. The third-order valence-corrected chi connectivity index (χ3v) is 6.19. The summed E-state index contributed by atoms with van der Waals surface area (Å²) < 4.78 is 0. The predicted molar refractivity (Wildman–Crippen MR) is 138 cm³/mol. The number of carboxylic acid groups (broad SMARTS) is 1. The quantitative estimate of drug-likeness (QED) is 0.212. The second-order valence-corrected chi connectivity index (χ2v) is 9.00. The molecule has 0 aromatic heterocycles. The Morgan fingerprint density at radius 1 is 0.757 bits per heavy atom. The van der Waals surface area contributed by atoms with Crippen LogP contribution in [0.4, 0.5) is 0 Å². The maximum absolute atomic E-state index is 13.2. The van der Waals surface area contributed by atoms with Crippen LogP contribution in [0.5, 0.6) is 0 Å². The van der Waals surface area contributed by atoms with E-state index in [0.29, 0.717) is 6.42 Å². The molecule has 0 aliphatic heterocycles. The Morgan fingerprint density at radius 2 is 1.19 bits per heavy atom. The van der Waals surface area contributed by atoms with Crippen LogP contribution in [0.15, 0.2) is 60.7 Å². The Hall–Kier alpha value is -3.76. The van der Waals surface area contributed by atoms with Gasteiger partial charge in [-0.25, -0.2) is 4.79 Å². The first-order chi connectivity index (χ1) is 17.7. The lowest BCUT2D eigenvalue weighted by Gasteiger charge is -2.25. The third kappa shape index (κ3) is 9.32. The van der Waals surface area contributed by atoms with E-state index in [1.54, 1.807) is 67.6 Å². The summed E-state index contributed by atoms with van der Waals surface area (Å²) in [6.45, 7) is 2.96. The standard InChI is InChI=1S/C27H36N4O6/c1-3-17(2)23(28)26(35)31-22(16-32)25(34)29-20(14-18-10-6-4-7-11-18)24(33)30-21(27(36)37)15-19-12-8-5-9-13-19/h4-13,17,20-23,32H,3,14-16,28H2,1-2H3,(H,29,34)(H,30,33)(H,31,35)(H,36,37). The largest absolute Gasteiger partial charge is 0.480 e. The van der Waals surface area contributed by atoms with Gasteiger partial charge in [0.15, 0.2) is 0 Å². The highest BCUT2D eigenvalue weighted by atomic mass is 16.4. The topological polar surface area (TPSA) is 171 Å². The predicted octanol–water partition coefficient (Wildman–Crippen LogP) is 0.377. The van der Waals surface area contributed by atoms with Crippen molar-refractivity contribution in [3.05, 3.63) is 71.8 Å². The van der Waals surface area contributed by atoms with E-state index < -0.39 is 54.5 Å². The van der Waals surface area contributed by atoms with Crippen molar-refractivity contribution in [2.24, 2.45) is 11.7 Å². The second-order valence-electron chi connectivity index (χ2n) is 9.00. The van der Waals surface area contributed by atoms with Crippen molar-refractivity contribution in [3.8, 4) is 0 Å². The summed E-state index contributed by atoms with van der Waals surface area (Å²) in [6.07, 6.45) is 0.767. The molecule has 0 aliphatic carbocycles. The van der Waals surface area contributed by atoms with Gasteiger partial charge in [-0.3, -0.25) is 14.4 Å². The lowest BCUT2D eigenvalue weighted by molar-refractivity contribution is -0.142. The van der Waals surface area contributed by atoms with E-state index in [1.165, 1.54) is 0 Å². The van der Waals surface area contributed by atoms with E-state index in [4.69, 9.17) is 5.73 Å². The minimum atomic E-state index is -1.34. The number of carbonyl (C=O) groups excluding carboxylic acids is 3. The Morgan fingerprint density at radius 3 is 1.65 bits per heavy atom. The molecule has 2 rings (SSSR count). The summed E-state index contributed by atoms with van der Waals surface area (Å²) in [6, 6.07) is 13.1. The fourth-order valence-electron chi connectivity index (χ4n) is 3.63. The smallest absolute Gasteiger partial charge is 0.326 e. The van der Waals surface area contributed by atoms with Crippen LogP contribution in [0.3, 0.4) is 0 Å². The van der Waals surface area contributed by atoms with Gasteiger partial charge in [-0.2, -0.15) is 0 Å². The van der Waals surface area contributed by atoms with Crippen LogP contribution in [-0.4, -0.2) is 64.7 Å². The number of hydrogen-bond donors (Lipinski definition) is 6. The van der Waals surface area contributed by atoms with E-state index in [-0.39, 0.29) is 18.8 Å². The number of aliphatic hydroxyl groups excluding tert-OH is 1. The zero-order valence-electron chi connectivity index (χ0n) is 21.1. The summed E-state index contributed by atoms with van der Waals surface area (Å²) in [7, 11) is 0. The number of nitrogens with one attached hydrogen (secondary N) is 3. The van der Waals surface area contributed by atoms with Crippen molar-refractivity contribution in [3.63, 3.8) is 0 Å². The molecule has 2 aromatic rings. The molecular formula is C27H36N4O6. The first-order valence-corrected chi connectivity index (χ1v) is 12.2. The molecule has 0 aliphatic rings. The number of hydrogen-bond acceptors (Lipinski definition) is 6. The lowest BCUT2D eigenvalue weighted by Crippen LogP contribution is -2.59. The van der Waals surface area contributed by atoms with Crippen molar-refractivity contribution in [1.29, 1.82) is 0 Å². The number of aliphatic carboxylic acids is 1. The molecule has 37 heavy (non-hydrogen) atoms. The molecule has 5 unspecified atom stereocenters. The van der Waals surface area contributed by atoms with Crippen LogP contribution >= 0.6 is 0 Å². The maximum atomic E-state index is 13.2. The van der Waals surface area contributed by atoms with Gasteiger partial charge in [0, 0.05) is 12.8 Å². The molecule has 0 saturated heterocycles. The molecular weight excluding hydrogens is 476 g/mol. The molecule has 200 valence electrons. The van der Waals surface area contributed by atoms with Gasteiger partial charge in [0.25, 0.3) is 0 Å². The monoisotopic (exact) mass is 512 g/mol. The molecule has 0 heterocycles. The minimum absolute atomic E-state index is 0.0523. The Labute approximate surface area is 216 Å². The van der Waals surface area contributed by atoms with Crippen molar-refractivity contribution in [2.75, 3.05) is 6.61 Å². The number of benzene rings is 2. The van der Waals surface area contributed by atoms with Crippen molar-refractivity contribution in [1.82, 2.24) is 16.0 Å². The van der Waals surface area contributed by atoms with Crippen LogP contribution < -0.4 is 21.7 Å². The van der Waals surface area contributed by atoms with Gasteiger partial charge in [0.05, 0.1) is 12.6 Å². The Kier molecular flexibility index (Phi) is 11.7. The minimum Gasteiger partial charge on any atom is -0.480 e. The van der Waals surface area contributed by atoms with Crippen molar-refractivity contribution >= 4 is 23.7 Å². The van der Waals surface area contributed by atoms with Gasteiger partial charge < -0.3 is 31.9 Å². The number of amides is 3. The van der Waals surface area contributed by atoms with Crippen molar-refractivity contribution < 1.29 is 29.4 Å². The van der Waals surface area contributed by atoms with Gasteiger partial charge >= 0.3 is 5.97 Å². The van der Waals surface area contributed by atoms with Crippen LogP contribution in [0.2, 0.25) is 0 Å².